The molecule has 0 aliphatic carbocycles. The summed E-state index contributed by atoms with van der Waals surface area (Å²) in [5.41, 5.74) is 1.98. The molecule has 0 aromatic heterocycles. The molecule has 3 nitrogen and oxygen atoms in total. The molecule has 1 aromatic carbocycles. The maximum Gasteiger partial charge on any atom is 0.330 e. The average Bonchev–Trinajstić information content (AvgIpc) is 2.30. The normalized spacial score (nSPS) is 11.3. The molecule has 92 valence electrons. The molecule has 0 aliphatic rings. The lowest BCUT2D eigenvalue weighted by molar-refractivity contribution is -0.137. The second-order valence-corrected chi connectivity index (χ2v) is 3.72. The summed E-state index contributed by atoms with van der Waals surface area (Å²) in [7, 11) is 0. The minimum Gasteiger partial charge on any atom is -0.463 e. The zero-order valence-corrected chi connectivity index (χ0v) is 10.3. The maximum absolute atomic E-state index is 11.1. The Morgan fingerprint density at radius 1 is 1.29 bits per heavy atom. The van der Waals surface area contributed by atoms with E-state index >= 15 is 0 Å². The molecular formula is C14H18O3. The van der Waals surface area contributed by atoms with Gasteiger partial charge in [-0.1, -0.05) is 30.3 Å². The lowest BCUT2D eigenvalue weighted by atomic mass is 10.2. The van der Waals surface area contributed by atoms with Crippen LogP contribution < -0.4 is 0 Å². The van der Waals surface area contributed by atoms with Gasteiger partial charge in [0.05, 0.1) is 19.8 Å². The molecule has 0 bridgehead atoms. The Morgan fingerprint density at radius 3 is 2.65 bits per heavy atom. The number of carbonyl (C=O) groups excluding carboxylic acids is 1. The molecule has 0 heterocycles. The van der Waals surface area contributed by atoms with Crippen molar-refractivity contribution < 1.29 is 14.3 Å². The summed E-state index contributed by atoms with van der Waals surface area (Å²) in [6, 6.07) is 9.92. The van der Waals surface area contributed by atoms with Gasteiger partial charge in [0, 0.05) is 6.08 Å². The molecule has 0 saturated heterocycles. The van der Waals surface area contributed by atoms with Crippen molar-refractivity contribution in [1.29, 1.82) is 0 Å². The Labute approximate surface area is 102 Å². The van der Waals surface area contributed by atoms with E-state index in [1.54, 1.807) is 6.92 Å². The largest absolute Gasteiger partial charge is 0.463 e. The number of esters is 1. The Morgan fingerprint density at radius 2 is 2.00 bits per heavy atom. The van der Waals surface area contributed by atoms with E-state index in [9.17, 15) is 4.79 Å². The summed E-state index contributed by atoms with van der Waals surface area (Å²) in [4.78, 5) is 11.1. The first-order chi connectivity index (χ1) is 8.22. The fourth-order valence-corrected chi connectivity index (χ4v) is 1.33. The van der Waals surface area contributed by atoms with E-state index in [-0.39, 0.29) is 5.97 Å². The molecule has 1 rings (SSSR count). The van der Waals surface area contributed by atoms with Gasteiger partial charge in [0.1, 0.15) is 0 Å². The monoisotopic (exact) mass is 234 g/mol. The average molecular weight is 234 g/mol. The van der Waals surface area contributed by atoms with Crippen LogP contribution >= 0.6 is 0 Å². The summed E-state index contributed by atoms with van der Waals surface area (Å²) < 4.78 is 10.3. The van der Waals surface area contributed by atoms with Gasteiger partial charge in [-0.25, -0.2) is 4.79 Å². The highest BCUT2D eigenvalue weighted by Gasteiger charge is 1.98. The minimum absolute atomic E-state index is 0.312. The van der Waals surface area contributed by atoms with Crippen molar-refractivity contribution in [3.63, 3.8) is 0 Å². The van der Waals surface area contributed by atoms with Crippen LogP contribution in [0.3, 0.4) is 0 Å². The standard InChI is InChI=1S/C14H18O3/c1-3-17-14(15)9-12(2)10-16-11-13-7-5-4-6-8-13/h4-9H,3,10-11H2,1-2H3. The van der Waals surface area contributed by atoms with Crippen LogP contribution in [0, 0.1) is 0 Å². The van der Waals surface area contributed by atoms with Crippen LogP contribution in [0.1, 0.15) is 19.4 Å². The van der Waals surface area contributed by atoms with Crippen LogP contribution in [0.25, 0.3) is 0 Å². The van der Waals surface area contributed by atoms with Crippen LogP contribution in [0.15, 0.2) is 42.0 Å². The fourth-order valence-electron chi connectivity index (χ4n) is 1.33. The van der Waals surface area contributed by atoms with Gasteiger partial charge in [0.25, 0.3) is 0 Å². The number of hydrogen-bond acceptors (Lipinski definition) is 3. The lowest BCUT2D eigenvalue weighted by Gasteiger charge is -2.04. The molecule has 0 fully saturated rings. The minimum atomic E-state index is -0.312. The molecule has 0 unspecified atom stereocenters. The van der Waals surface area contributed by atoms with Gasteiger partial charge >= 0.3 is 5.97 Å². The van der Waals surface area contributed by atoms with E-state index in [0.717, 1.165) is 11.1 Å². The number of carbonyl (C=O) groups is 1. The van der Waals surface area contributed by atoms with Gasteiger partial charge in [0.2, 0.25) is 0 Å². The zero-order chi connectivity index (χ0) is 12.5. The quantitative estimate of drug-likeness (QED) is 0.561. The van der Waals surface area contributed by atoms with E-state index in [1.807, 2.05) is 37.3 Å². The second kappa shape index (κ2) is 7.63. The summed E-state index contributed by atoms with van der Waals surface area (Å²) in [5.74, 6) is -0.312. The van der Waals surface area contributed by atoms with Crippen molar-refractivity contribution >= 4 is 5.97 Å². The zero-order valence-electron chi connectivity index (χ0n) is 10.3. The number of ether oxygens (including phenoxy) is 2. The summed E-state index contributed by atoms with van der Waals surface area (Å²) in [5, 5.41) is 0. The highest BCUT2D eigenvalue weighted by atomic mass is 16.5. The van der Waals surface area contributed by atoms with Crippen LogP contribution in [0.2, 0.25) is 0 Å². The summed E-state index contributed by atoms with van der Waals surface area (Å²) in [6.45, 7) is 5.02. The Kier molecular flexibility index (Phi) is 6.04. The molecule has 0 amide bonds. The topological polar surface area (TPSA) is 35.5 Å². The third-order valence-electron chi connectivity index (χ3n) is 2.09. The number of rotatable bonds is 6. The molecule has 0 spiro atoms. The summed E-state index contributed by atoms with van der Waals surface area (Å²) in [6.07, 6.45) is 1.47. The van der Waals surface area contributed by atoms with E-state index in [4.69, 9.17) is 9.47 Å². The lowest BCUT2D eigenvalue weighted by Crippen LogP contribution is -2.03. The number of hydrogen-bond donors (Lipinski definition) is 0. The molecule has 17 heavy (non-hydrogen) atoms. The van der Waals surface area contributed by atoms with Crippen LogP contribution in [0.5, 0.6) is 0 Å². The van der Waals surface area contributed by atoms with E-state index in [0.29, 0.717) is 19.8 Å². The fraction of sp³-hybridized carbons (Fsp3) is 0.357. The van der Waals surface area contributed by atoms with Crippen molar-refractivity contribution in [2.24, 2.45) is 0 Å². The van der Waals surface area contributed by atoms with Crippen molar-refractivity contribution in [1.82, 2.24) is 0 Å². The highest BCUT2D eigenvalue weighted by Crippen LogP contribution is 2.02. The predicted molar refractivity (Wildman–Crippen MR) is 66.5 cm³/mol. The Hall–Kier alpha value is -1.61. The molecule has 0 saturated carbocycles. The van der Waals surface area contributed by atoms with Gasteiger partial charge in [-0.2, -0.15) is 0 Å². The van der Waals surface area contributed by atoms with Gasteiger partial charge in [-0.15, -0.1) is 0 Å². The number of benzene rings is 1. The van der Waals surface area contributed by atoms with Crippen LogP contribution in [-0.4, -0.2) is 19.2 Å². The van der Waals surface area contributed by atoms with Crippen LogP contribution in [0.4, 0.5) is 0 Å². The van der Waals surface area contributed by atoms with Gasteiger partial charge in [-0.05, 0) is 25.0 Å². The first kappa shape index (κ1) is 13.5. The molecular weight excluding hydrogens is 216 g/mol. The van der Waals surface area contributed by atoms with Gasteiger partial charge in [-0.3, -0.25) is 0 Å². The highest BCUT2D eigenvalue weighted by molar-refractivity contribution is 5.82. The maximum atomic E-state index is 11.1. The van der Waals surface area contributed by atoms with Crippen LogP contribution in [-0.2, 0) is 20.9 Å². The molecule has 0 radical (unpaired) electrons. The van der Waals surface area contributed by atoms with Crippen molar-refractivity contribution in [3.8, 4) is 0 Å². The third-order valence-corrected chi connectivity index (χ3v) is 2.09. The van der Waals surface area contributed by atoms with Gasteiger partial charge < -0.3 is 9.47 Å². The molecule has 0 aliphatic heterocycles. The second-order valence-electron chi connectivity index (χ2n) is 3.72. The first-order valence-corrected chi connectivity index (χ1v) is 5.68. The first-order valence-electron chi connectivity index (χ1n) is 5.68. The van der Waals surface area contributed by atoms with Crippen molar-refractivity contribution in [3.05, 3.63) is 47.5 Å². The SMILES string of the molecule is CCOC(=O)C=C(C)COCc1ccccc1. The van der Waals surface area contributed by atoms with Crippen molar-refractivity contribution in [2.45, 2.75) is 20.5 Å². The van der Waals surface area contributed by atoms with E-state index in [2.05, 4.69) is 0 Å². The summed E-state index contributed by atoms with van der Waals surface area (Å²) >= 11 is 0. The third kappa shape index (κ3) is 5.88. The molecule has 0 N–H and O–H groups in total. The van der Waals surface area contributed by atoms with Crippen molar-refractivity contribution in [2.75, 3.05) is 13.2 Å². The Balaban J connectivity index is 2.29. The van der Waals surface area contributed by atoms with E-state index < -0.39 is 0 Å². The molecule has 0 atom stereocenters. The molecule has 3 heteroatoms. The van der Waals surface area contributed by atoms with Gasteiger partial charge in [0.15, 0.2) is 0 Å². The Bertz CT molecular complexity index is 368. The van der Waals surface area contributed by atoms with E-state index in [1.165, 1.54) is 6.08 Å². The predicted octanol–water partition coefficient (Wildman–Crippen LogP) is 2.71. The smallest absolute Gasteiger partial charge is 0.330 e. The molecule has 1 aromatic rings.